The normalized spacial score (nSPS) is 13.8. The Hall–Kier alpha value is -8.20. The fourth-order valence-electron chi connectivity index (χ4n) is 11.8. The first-order valence-corrected chi connectivity index (χ1v) is 23.9. The molecule has 68 heavy (non-hydrogen) atoms. The molecule has 2 aliphatic carbocycles. The maximum Gasteiger partial charge on any atom is 0.0547 e. The predicted molar refractivity (Wildman–Crippen MR) is 287 cm³/mol. The summed E-state index contributed by atoms with van der Waals surface area (Å²) in [6.07, 6.45) is 0. The fourth-order valence-corrected chi connectivity index (χ4v) is 11.8. The number of para-hydroxylation sites is 2. The second kappa shape index (κ2) is 15.2. The maximum absolute atomic E-state index is 2.47. The lowest BCUT2D eigenvalue weighted by molar-refractivity contribution is 0.660. The van der Waals surface area contributed by atoms with E-state index >= 15 is 0 Å². The molecular formula is C66H50N2. The average Bonchev–Trinajstić information content (AvgIpc) is 3.94. The Kier molecular flexibility index (Phi) is 8.95. The van der Waals surface area contributed by atoms with E-state index < -0.39 is 0 Å². The van der Waals surface area contributed by atoms with E-state index in [1.807, 2.05) is 0 Å². The number of aromatic nitrogens is 1. The van der Waals surface area contributed by atoms with Crippen LogP contribution in [0.5, 0.6) is 0 Å². The summed E-state index contributed by atoms with van der Waals surface area (Å²) in [7, 11) is 0. The van der Waals surface area contributed by atoms with E-state index in [0.717, 1.165) is 22.7 Å². The minimum absolute atomic E-state index is 0.119. The molecule has 0 saturated carbocycles. The van der Waals surface area contributed by atoms with Crippen LogP contribution in [0.1, 0.15) is 49.9 Å². The van der Waals surface area contributed by atoms with Crippen molar-refractivity contribution in [2.75, 3.05) is 4.90 Å². The molecule has 0 fully saturated rings. The van der Waals surface area contributed by atoms with Gasteiger partial charge in [0.15, 0.2) is 0 Å². The van der Waals surface area contributed by atoms with Gasteiger partial charge < -0.3 is 9.47 Å². The molecule has 0 amide bonds. The third kappa shape index (κ3) is 6.03. The van der Waals surface area contributed by atoms with Crippen LogP contribution in [0.3, 0.4) is 0 Å². The Balaban J connectivity index is 0.944. The number of benzene rings is 10. The van der Waals surface area contributed by atoms with Crippen LogP contribution in [-0.2, 0) is 10.8 Å². The third-order valence-corrected chi connectivity index (χ3v) is 15.2. The number of nitrogens with zero attached hydrogens (tertiary/aromatic N) is 2. The van der Waals surface area contributed by atoms with Crippen molar-refractivity contribution in [3.63, 3.8) is 0 Å². The van der Waals surface area contributed by atoms with E-state index in [-0.39, 0.29) is 10.8 Å². The Morgan fingerprint density at radius 2 is 0.794 bits per heavy atom. The van der Waals surface area contributed by atoms with Crippen LogP contribution in [0.4, 0.5) is 17.1 Å². The SMILES string of the molecule is CC1(C)c2ccccc2-c2ccc(N(c3ccc(-c4ccc(-c5cccc6c5c5ccccc5n6-c5ccccc5)c(-c5ccccc5)c4)cc3)c3ccc4c(c3)C(C)(C)c3ccccc3-4)cc21. The van der Waals surface area contributed by atoms with Gasteiger partial charge in [0.2, 0.25) is 0 Å². The molecule has 0 radical (unpaired) electrons. The van der Waals surface area contributed by atoms with Gasteiger partial charge in [-0.05, 0) is 145 Å². The van der Waals surface area contributed by atoms with Gasteiger partial charge >= 0.3 is 0 Å². The molecule has 2 nitrogen and oxygen atoms in total. The molecule has 0 aliphatic heterocycles. The van der Waals surface area contributed by atoms with E-state index in [2.05, 4.69) is 268 Å². The summed E-state index contributed by atoms with van der Waals surface area (Å²) in [4.78, 5) is 2.47. The number of fused-ring (bicyclic) bond motifs is 9. The maximum atomic E-state index is 2.47. The first-order valence-electron chi connectivity index (χ1n) is 23.9. The molecule has 0 bridgehead atoms. The van der Waals surface area contributed by atoms with E-state index in [1.165, 1.54) is 99.7 Å². The van der Waals surface area contributed by atoms with Crippen molar-refractivity contribution in [1.29, 1.82) is 0 Å². The zero-order valence-electron chi connectivity index (χ0n) is 38.8. The molecule has 1 aromatic heterocycles. The number of anilines is 3. The first kappa shape index (κ1) is 40.1. The lowest BCUT2D eigenvalue weighted by Crippen LogP contribution is -2.18. The summed E-state index contributed by atoms with van der Waals surface area (Å²) >= 11 is 0. The summed E-state index contributed by atoms with van der Waals surface area (Å²) in [5.74, 6) is 0. The highest BCUT2D eigenvalue weighted by atomic mass is 15.1. The van der Waals surface area contributed by atoms with E-state index in [0.29, 0.717) is 0 Å². The van der Waals surface area contributed by atoms with Crippen LogP contribution in [0.25, 0.3) is 83.1 Å². The fraction of sp³-hybridized carbons (Fsp3) is 0.0909. The molecule has 1 heterocycles. The van der Waals surface area contributed by atoms with Crippen molar-refractivity contribution in [3.05, 3.63) is 253 Å². The Morgan fingerprint density at radius 1 is 0.309 bits per heavy atom. The second-order valence-electron chi connectivity index (χ2n) is 19.7. The smallest absolute Gasteiger partial charge is 0.0547 e. The second-order valence-corrected chi connectivity index (χ2v) is 19.7. The topological polar surface area (TPSA) is 8.17 Å². The van der Waals surface area contributed by atoms with Crippen LogP contribution >= 0.6 is 0 Å². The molecule has 0 spiro atoms. The van der Waals surface area contributed by atoms with Gasteiger partial charge in [-0.15, -0.1) is 0 Å². The summed E-state index contributed by atoms with van der Waals surface area (Å²) in [5.41, 5.74) is 24.8. The molecule has 13 rings (SSSR count). The molecule has 0 atom stereocenters. The molecule has 11 aromatic rings. The molecule has 0 saturated heterocycles. The number of hydrogen-bond acceptors (Lipinski definition) is 1. The van der Waals surface area contributed by atoms with Gasteiger partial charge in [-0.1, -0.05) is 191 Å². The van der Waals surface area contributed by atoms with Gasteiger partial charge in [0.25, 0.3) is 0 Å². The molecule has 10 aromatic carbocycles. The van der Waals surface area contributed by atoms with Crippen molar-refractivity contribution >= 4 is 38.9 Å². The van der Waals surface area contributed by atoms with Gasteiger partial charge in [0.1, 0.15) is 0 Å². The minimum Gasteiger partial charge on any atom is -0.310 e. The standard InChI is InChI=1S/C66H50N2/c1-65(2)58-26-14-11-22-51(58)53-38-35-48(41-60(53)65)67(49-36-39-54-52-23-12-15-27-59(52)66(3,4)61(54)42-49)47-33-30-43(31-34-47)45-32-37-50(57(40-45)44-18-7-5-8-19-44)55-25-17-29-63-64(55)56-24-13-16-28-62(56)68(63)46-20-9-6-10-21-46/h5-42H,1-4H3. The van der Waals surface area contributed by atoms with Crippen LogP contribution < -0.4 is 4.90 Å². The summed E-state index contributed by atoms with van der Waals surface area (Å²) in [6.45, 7) is 9.48. The molecule has 2 heteroatoms. The predicted octanol–water partition coefficient (Wildman–Crippen LogP) is 17.9. The van der Waals surface area contributed by atoms with Gasteiger partial charge in [-0.3, -0.25) is 0 Å². The quantitative estimate of drug-likeness (QED) is 0.155. The van der Waals surface area contributed by atoms with Crippen LogP contribution in [-0.4, -0.2) is 4.57 Å². The first-order chi connectivity index (χ1) is 33.3. The van der Waals surface area contributed by atoms with Gasteiger partial charge in [-0.2, -0.15) is 0 Å². The highest BCUT2D eigenvalue weighted by Gasteiger charge is 2.38. The van der Waals surface area contributed by atoms with Crippen molar-refractivity contribution in [1.82, 2.24) is 4.57 Å². The van der Waals surface area contributed by atoms with Crippen molar-refractivity contribution in [3.8, 4) is 61.3 Å². The highest BCUT2D eigenvalue weighted by Crippen LogP contribution is 2.53. The highest BCUT2D eigenvalue weighted by molar-refractivity contribution is 6.17. The molecule has 2 aliphatic rings. The number of hydrogen-bond donors (Lipinski definition) is 0. The summed E-state index contributed by atoms with van der Waals surface area (Å²) in [6, 6.07) is 85.5. The van der Waals surface area contributed by atoms with Crippen molar-refractivity contribution < 1.29 is 0 Å². The van der Waals surface area contributed by atoms with Crippen LogP contribution in [0, 0.1) is 0 Å². The van der Waals surface area contributed by atoms with Gasteiger partial charge in [0.05, 0.1) is 11.0 Å². The van der Waals surface area contributed by atoms with Crippen molar-refractivity contribution in [2.45, 2.75) is 38.5 Å². The Labute approximate surface area is 399 Å². The van der Waals surface area contributed by atoms with Crippen LogP contribution in [0.2, 0.25) is 0 Å². The number of rotatable bonds is 7. The molecule has 324 valence electrons. The lowest BCUT2D eigenvalue weighted by atomic mass is 9.82. The van der Waals surface area contributed by atoms with E-state index in [9.17, 15) is 0 Å². The van der Waals surface area contributed by atoms with E-state index in [1.54, 1.807) is 0 Å². The lowest BCUT2D eigenvalue weighted by Gasteiger charge is -2.30. The largest absolute Gasteiger partial charge is 0.310 e. The van der Waals surface area contributed by atoms with E-state index in [4.69, 9.17) is 0 Å². The van der Waals surface area contributed by atoms with Gasteiger partial charge in [0, 0.05) is 44.4 Å². The molecule has 0 N–H and O–H groups in total. The third-order valence-electron chi connectivity index (χ3n) is 15.2. The Bertz CT molecular complexity index is 3670. The van der Waals surface area contributed by atoms with Crippen LogP contribution in [0.15, 0.2) is 231 Å². The zero-order valence-corrected chi connectivity index (χ0v) is 38.8. The summed E-state index contributed by atoms with van der Waals surface area (Å²) < 4.78 is 2.40. The monoisotopic (exact) mass is 870 g/mol. The Morgan fingerprint density at radius 3 is 1.44 bits per heavy atom. The zero-order chi connectivity index (χ0) is 45.7. The molecular weight excluding hydrogens is 821 g/mol. The van der Waals surface area contributed by atoms with Gasteiger partial charge in [-0.25, -0.2) is 0 Å². The van der Waals surface area contributed by atoms with Crippen molar-refractivity contribution in [2.24, 2.45) is 0 Å². The molecule has 0 unspecified atom stereocenters. The minimum atomic E-state index is -0.119. The average molecular weight is 871 g/mol. The summed E-state index contributed by atoms with van der Waals surface area (Å²) in [5, 5.41) is 2.51.